The molecule has 0 aliphatic carbocycles. The van der Waals surface area contributed by atoms with Gasteiger partial charge in [-0.2, -0.15) is 0 Å². The number of ketones is 1. The number of carbonyl (C=O) groups is 1. The van der Waals surface area contributed by atoms with Crippen LogP contribution in [0.5, 0.6) is 0 Å². The first kappa shape index (κ1) is 11.3. The van der Waals surface area contributed by atoms with Gasteiger partial charge < -0.3 is 0 Å². The van der Waals surface area contributed by atoms with Crippen LogP contribution in [0, 0.1) is 6.92 Å². The number of hydrogen-bond acceptors (Lipinski definition) is 2. The van der Waals surface area contributed by atoms with Crippen LogP contribution < -0.4 is 0 Å². The Balaban J connectivity index is 1.97. The van der Waals surface area contributed by atoms with Crippen LogP contribution in [0.15, 0.2) is 58.3 Å². The monoisotopic (exact) mass is 252 g/mol. The first-order valence-corrected chi connectivity index (χ1v) is 6.65. The zero-order chi connectivity index (χ0) is 12.5. The molecular weight excluding hydrogens is 240 g/mol. The Kier molecular flexibility index (Phi) is 2.80. The summed E-state index contributed by atoms with van der Waals surface area (Å²) in [7, 11) is 0. The first-order valence-electron chi connectivity index (χ1n) is 5.84. The lowest BCUT2D eigenvalue weighted by atomic mass is 10.1. The van der Waals surface area contributed by atoms with Crippen molar-refractivity contribution in [1.82, 2.24) is 0 Å². The van der Waals surface area contributed by atoms with Gasteiger partial charge in [0.2, 0.25) is 5.78 Å². The maximum atomic E-state index is 12.2. The number of benzene rings is 2. The van der Waals surface area contributed by atoms with Gasteiger partial charge in [0.05, 0.1) is 4.91 Å². The van der Waals surface area contributed by atoms with E-state index >= 15 is 0 Å². The molecule has 18 heavy (non-hydrogen) atoms. The molecular formula is C16H12OS. The number of rotatable bonds is 1. The highest BCUT2D eigenvalue weighted by Gasteiger charge is 2.24. The van der Waals surface area contributed by atoms with Gasteiger partial charge in [-0.15, -0.1) is 0 Å². The third-order valence-electron chi connectivity index (χ3n) is 2.95. The van der Waals surface area contributed by atoms with Crippen LogP contribution in [-0.2, 0) is 0 Å². The summed E-state index contributed by atoms with van der Waals surface area (Å²) in [6, 6.07) is 16.0. The maximum Gasteiger partial charge on any atom is 0.200 e. The average Bonchev–Trinajstić information content (AvgIpc) is 2.70. The van der Waals surface area contributed by atoms with Crippen molar-refractivity contribution in [2.24, 2.45) is 0 Å². The Morgan fingerprint density at radius 1 is 1.00 bits per heavy atom. The van der Waals surface area contributed by atoms with E-state index in [0.717, 1.165) is 20.9 Å². The van der Waals surface area contributed by atoms with Gasteiger partial charge in [0.15, 0.2) is 0 Å². The van der Waals surface area contributed by atoms with Gasteiger partial charge in [0.25, 0.3) is 0 Å². The quantitative estimate of drug-likeness (QED) is 0.703. The second-order valence-electron chi connectivity index (χ2n) is 4.35. The van der Waals surface area contributed by atoms with E-state index in [9.17, 15) is 4.79 Å². The molecule has 0 saturated heterocycles. The number of thioether (sulfide) groups is 1. The molecule has 1 heterocycles. The highest BCUT2D eigenvalue weighted by molar-refractivity contribution is 8.04. The summed E-state index contributed by atoms with van der Waals surface area (Å²) in [6.07, 6.45) is 1.96. The lowest BCUT2D eigenvalue weighted by molar-refractivity contribution is 0.104. The van der Waals surface area contributed by atoms with Gasteiger partial charge >= 0.3 is 0 Å². The minimum Gasteiger partial charge on any atom is -0.288 e. The predicted octanol–water partition coefficient (Wildman–Crippen LogP) is 4.32. The molecule has 0 bridgehead atoms. The molecule has 0 unspecified atom stereocenters. The van der Waals surface area contributed by atoms with Crippen molar-refractivity contribution in [3.05, 3.63) is 70.1 Å². The molecule has 2 aromatic rings. The number of Topliss-reactive ketones (excluding diaryl/α,β-unsaturated/α-hetero) is 1. The van der Waals surface area contributed by atoms with Crippen molar-refractivity contribution in [3.8, 4) is 0 Å². The minimum absolute atomic E-state index is 0.135. The number of carbonyl (C=O) groups excluding carboxylic acids is 1. The lowest BCUT2D eigenvalue weighted by Gasteiger charge is -1.97. The summed E-state index contributed by atoms with van der Waals surface area (Å²) in [5.74, 6) is 0.135. The molecule has 0 atom stereocenters. The normalized spacial score (nSPS) is 16.1. The number of fused-ring (bicyclic) bond motifs is 1. The molecule has 2 aromatic carbocycles. The first-order chi connectivity index (χ1) is 8.74. The van der Waals surface area contributed by atoms with Crippen LogP contribution in [0.2, 0.25) is 0 Å². The van der Waals surface area contributed by atoms with Crippen molar-refractivity contribution in [2.45, 2.75) is 11.8 Å². The molecule has 0 aromatic heterocycles. The number of hydrogen-bond donors (Lipinski definition) is 0. The minimum atomic E-state index is 0.135. The van der Waals surface area contributed by atoms with E-state index in [1.165, 1.54) is 5.56 Å². The molecule has 0 saturated carbocycles. The smallest absolute Gasteiger partial charge is 0.200 e. The van der Waals surface area contributed by atoms with Crippen LogP contribution in [0.4, 0.5) is 0 Å². The van der Waals surface area contributed by atoms with Crippen molar-refractivity contribution in [3.63, 3.8) is 0 Å². The Morgan fingerprint density at radius 3 is 2.44 bits per heavy atom. The van der Waals surface area contributed by atoms with Gasteiger partial charge in [-0.25, -0.2) is 0 Å². The van der Waals surface area contributed by atoms with Gasteiger partial charge in [-0.3, -0.25) is 4.79 Å². The van der Waals surface area contributed by atoms with Crippen LogP contribution in [-0.4, -0.2) is 5.78 Å². The van der Waals surface area contributed by atoms with Crippen LogP contribution in [0.1, 0.15) is 21.5 Å². The van der Waals surface area contributed by atoms with Crippen molar-refractivity contribution in [1.29, 1.82) is 0 Å². The highest BCUT2D eigenvalue weighted by Crippen LogP contribution is 2.40. The van der Waals surface area contributed by atoms with E-state index in [0.29, 0.717) is 0 Å². The zero-order valence-corrected chi connectivity index (χ0v) is 10.8. The predicted molar refractivity (Wildman–Crippen MR) is 75.8 cm³/mol. The van der Waals surface area contributed by atoms with Crippen LogP contribution in [0.25, 0.3) is 6.08 Å². The third kappa shape index (κ3) is 2.00. The van der Waals surface area contributed by atoms with E-state index in [2.05, 4.69) is 19.1 Å². The fourth-order valence-electron chi connectivity index (χ4n) is 1.95. The van der Waals surface area contributed by atoms with E-state index in [-0.39, 0.29) is 5.78 Å². The second kappa shape index (κ2) is 4.46. The second-order valence-corrected chi connectivity index (χ2v) is 5.43. The largest absolute Gasteiger partial charge is 0.288 e. The van der Waals surface area contributed by atoms with E-state index in [4.69, 9.17) is 0 Å². The summed E-state index contributed by atoms with van der Waals surface area (Å²) in [6.45, 7) is 2.06. The van der Waals surface area contributed by atoms with E-state index in [1.54, 1.807) is 11.8 Å². The van der Waals surface area contributed by atoms with E-state index < -0.39 is 0 Å². The molecule has 0 fully saturated rings. The number of aryl methyl sites for hydroxylation is 1. The summed E-state index contributed by atoms with van der Waals surface area (Å²) >= 11 is 1.55. The fourth-order valence-corrected chi connectivity index (χ4v) is 3.00. The lowest BCUT2D eigenvalue weighted by Crippen LogP contribution is -1.93. The summed E-state index contributed by atoms with van der Waals surface area (Å²) in [5, 5.41) is 0. The molecule has 1 nitrogen and oxygen atoms in total. The standard InChI is InChI=1S/C16H12OS/c1-11-6-8-12(9-7-11)10-15-16(17)13-4-2-3-5-14(13)18-15/h2-10H,1H3/b15-10-. The van der Waals surface area contributed by atoms with E-state index in [1.807, 2.05) is 42.5 Å². The van der Waals surface area contributed by atoms with Crippen molar-refractivity contribution in [2.75, 3.05) is 0 Å². The zero-order valence-electron chi connectivity index (χ0n) is 10.0. The fraction of sp³-hybridized carbons (Fsp3) is 0.0625. The van der Waals surface area contributed by atoms with Crippen molar-refractivity contribution < 1.29 is 4.79 Å². The molecule has 88 valence electrons. The summed E-state index contributed by atoms with van der Waals surface area (Å²) < 4.78 is 0. The molecule has 0 spiro atoms. The van der Waals surface area contributed by atoms with Gasteiger partial charge in [-0.1, -0.05) is 53.7 Å². The van der Waals surface area contributed by atoms with Crippen LogP contribution in [0.3, 0.4) is 0 Å². The summed E-state index contributed by atoms with van der Waals surface area (Å²) in [4.78, 5) is 14.0. The summed E-state index contributed by atoms with van der Waals surface area (Å²) in [5.41, 5.74) is 3.12. The topological polar surface area (TPSA) is 17.1 Å². The molecule has 1 aliphatic rings. The van der Waals surface area contributed by atoms with Gasteiger partial charge in [0.1, 0.15) is 0 Å². The molecule has 0 radical (unpaired) electrons. The Labute approximate surface area is 111 Å². The van der Waals surface area contributed by atoms with Crippen molar-refractivity contribution >= 4 is 23.6 Å². The highest BCUT2D eigenvalue weighted by atomic mass is 32.2. The SMILES string of the molecule is Cc1ccc(/C=C2\Sc3ccccc3C2=O)cc1. The Hall–Kier alpha value is -1.80. The van der Waals surface area contributed by atoms with Gasteiger partial charge in [0, 0.05) is 10.5 Å². The maximum absolute atomic E-state index is 12.2. The molecule has 0 N–H and O–H groups in total. The Morgan fingerprint density at radius 2 is 1.72 bits per heavy atom. The third-order valence-corrected chi connectivity index (χ3v) is 4.05. The molecule has 3 rings (SSSR count). The Bertz CT molecular complexity index is 638. The van der Waals surface area contributed by atoms with Crippen LogP contribution >= 0.6 is 11.8 Å². The molecule has 1 aliphatic heterocycles. The van der Waals surface area contributed by atoms with Gasteiger partial charge in [-0.05, 0) is 30.7 Å². The number of allylic oxidation sites excluding steroid dienone is 1. The molecule has 0 amide bonds. The average molecular weight is 252 g/mol. The molecule has 2 heteroatoms.